The summed E-state index contributed by atoms with van der Waals surface area (Å²) in [5.74, 6) is 0.348. The predicted octanol–water partition coefficient (Wildman–Crippen LogP) is 3.30. The molecule has 0 unspecified atom stereocenters. The van der Waals surface area contributed by atoms with E-state index in [1.807, 2.05) is 42.5 Å². The third-order valence-electron chi connectivity index (χ3n) is 4.08. The molecule has 2 rings (SSSR count). The standard InChI is InChI=1S/C22H28N2O3/c1-22(2,3)18-12-10-17(11-13-18)21(26)24-16-20(25)23-14-7-15-27-19-8-5-4-6-9-19/h4-6,8-13H,7,14-16H2,1-3H3,(H,23,25)(H,24,26). The summed E-state index contributed by atoms with van der Waals surface area (Å²) < 4.78 is 5.56. The number of carbonyl (C=O) groups is 2. The second-order valence-electron chi connectivity index (χ2n) is 7.38. The lowest BCUT2D eigenvalue weighted by Gasteiger charge is -2.19. The third-order valence-corrected chi connectivity index (χ3v) is 4.08. The van der Waals surface area contributed by atoms with Crippen molar-refractivity contribution in [3.63, 3.8) is 0 Å². The fourth-order valence-corrected chi connectivity index (χ4v) is 2.45. The molecule has 2 N–H and O–H groups in total. The molecule has 2 aromatic carbocycles. The topological polar surface area (TPSA) is 67.4 Å². The Morgan fingerprint density at radius 3 is 2.22 bits per heavy atom. The number of rotatable bonds is 8. The summed E-state index contributed by atoms with van der Waals surface area (Å²) in [4.78, 5) is 24.0. The molecule has 0 fully saturated rings. The van der Waals surface area contributed by atoms with Crippen LogP contribution in [0.2, 0.25) is 0 Å². The van der Waals surface area contributed by atoms with Gasteiger partial charge in [0.1, 0.15) is 5.75 Å². The fraction of sp³-hybridized carbons (Fsp3) is 0.364. The van der Waals surface area contributed by atoms with E-state index in [1.165, 1.54) is 0 Å². The van der Waals surface area contributed by atoms with Gasteiger partial charge in [-0.25, -0.2) is 0 Å². The highest BCUT2D eigenvalue weighted by atomic mass is 16.5. The predicted molar refractivity (Wildman–Crippen MR) is 107 cm³/mol. The highest BCUT2D eigenvalue weighted by Crippen LogP contribution is 2.22. The quantitative estimate of drug-likeness (QED) is 0.703. The molecule has 0 radical (unpaired) electrons. The van der Waals surface area contributed by atoms with Gasteiger partial charge in [0.05, 0.1) is 13.2 Å². The highest BCUT2D eigenvalue weighted by Gasteiger charge is 2.14. The summed E-state index contributed by atoms with van der Waals surface area (Å²) in [6.45, 7) is 7.35. The Morgan fingerprint density at radius 1 is 0.926 bits per heavy atom. The Hall–Kier alpha value is -2.82. The summed E-state index contributed by atoms with van der Waals surface area (Å²) in [5, 5.41) is 5.41. The molecule has 2 amide bonds. The van der Waals surface area contributed by atoms with Crippen LogP contribution in [-0.2, 0) is 10.2 Å². The molecule has 0 saturated carbocycles. The Labute approximate surface area is 161 Å². The van der Waals surface area contributed by atoms with Gasteiger partial charge in [-0.15, -0.1) is 0 Å². The minimum atomic E-state index is -0.252. The first-order valence-corrected chi connectivity index (χ1v) is 9.19. The Balaban J connectivity index is 1.64. The Bertz CT molecular complexity index is 734. The maximum Gasteiger partial charge on any atom is 0.251 e. The molecule has 0 spiro atoms. The van der Waals surface area contributed by atoms with Crippen LogP contribution in [0.4, 0.5) is 0 Å². The van der Waals surface area contributed by atoms with Crippen LogP contribution in [0.3, 0.4) is 0 Å². The molecule has 2 aromatic rings. The average molecular weight is 368 g/mol. The van der Waals surface area contributed by atoms with E-state index in [-0.39, 0.29) is 23.8 Å². The molecule has 0 aliphatic rings. The van der Waals surface area contributed by atoms with Crippen molar-refractivity contribution in [2.75, 3.05) is 19.7 Å². The van der Waals surface area contributed by atoms with Gasteiger partial charge in [0.25, 0.3) is 5.91 Å². The molecule has 144 valence electrons. The van der Waals surface area contributed by atoms with E-state index in [0.29, 0.717) is 25.1 Å². The van der Waals surface area contributed by atoms with Crippen molar-refractivity contribution in [3.8, 4) is 5.75 Å². The summed E-state index contributed by atoms with van der Waals surface area (Å²) in [7, 11) is 0. The lowest BCUT2D eigenvalue weighted by Crippen LogP contribution is -2.37. The van der Waals surface area contributed by atoms with E-state index < -0.39 is 0 Å². The summed E-state index contributed by atoms with van der Waals surface area (Å²) >= 11 is 0. The van der Waals surface area contributed by atoms with E-state index in [2.05, 4.69) is 31.4 Å². The maximum absolute atomic E-state index is 12.1. The van der Waals surface area contributed by atoms with E-state index in [1.54, 1.807) is 12.1 Å². The number of hydrogen-bond donors (Lipinski definition) is 2. The van der Waals surface area contributed by atoms with Gasteiger partial charge in [-0.3, -0.25) is 9.59 Å². The van der Waals surface area contributed by atoms with Crippen molar-refractivity contribution < 1.29 is 14.3 Å². The van der Waals surface area contributed by atoms with E-state index >= 15 is 0 Å². The van der Waals surface area contributed by atoms with Crippen molar-refractivity contribution in [1.82, 2.24) is 10.6 Å². The van der Waals surface area contributed by atoms with Gasteiger partial charge in [-0.1, -0.05) is 51.1 Å². The van der Waals surface area contributed by atoms with Crippen molar-refractivity contribution in [2.45, 2.75) is 32.6 Å². The Kier molecular flexibility index (Phi) is 7.41. The van der Waals surface area contributed by atoms with Gasteiger partial charge >= 0.3 is 0 Å². The molecular formula is C22H28N2O3. The zero-order valence-electron chi connectivity index (χ0n) is 16.2. The maximum atomic E-state index is 12.1. The molecule has 5 heteroatoms. The van der Waals surface area contributed by atoms with Crippen LogP contribution in [0.15, 0.2) is 54.6 Å². The lowest BCUT2D eigenvalue weighted by molar-refractivity contribution is -0.120. The van der Waals surface area contributed by atoms with Crippen LogP contribution < -0.4 is 15.4 Å². The van der Waals surface area contributed by atoms with Gasteiger partial charge in [0.15, 0.2) is 0 Å². The molecule has 0 aromatic heterocycles. The first-order chi connectivity index (χ1) is 12.9. The molecule has 27 heavy (non-hydrogen) atoms. The van der Waals surface area contributed by atoms with E-state index in [9.17, 15) is 9.59 Å². The third kappa shape index (κ3) is 7.13. The molecule has 0 aliphatic carbocycles. The number of carbonyl (C=O) groups excluding carboxylic acids is 2. The van der Waals surface area contributed by atoms with Crippen molar-refractivity contribution in [1.29, 1.82) is 0 Å². The number of ether oxygens (including phenoxy) is 1. The lowest BCUT2D eigenvalue weighted by atomic mass is 9.87. The first-order valence-electron chi connectivity index (χ1n) is 9.19. The summed E-state index contributed by atoms with van der Waals surface area (Å²) in [6.07, 6.45) is 0.697. The molecule has 0 saturated heterocycles. The summed E-state index contributed by atoms with van der Waals surface area (Å²) in [6, 6.07) is 17.0. The number of hydrogen-bond acceptors (Lipinski definition) is 3. The first kappa shape index (κ1) is 20.5. The van der Waals surface area contributed by atoms with Gasteiger partial charge in [-0.2, -0.15) is 0 Å². The van der Waals surface area contributed by atoms with Crippen LogP contribution in [0.1, 0.15) is 43.1 Å². The van der Waals surface area contributed by atoms with Gasteiger partial charge in [0.2, 0.25) is 5.91 Å². The number of para-hydroxylation sites is 1. The van der Waals surface area contributed by atoms with Crippen molar-refractivity contribution >= 4 is 11.8 Å². The zero-order valence-corrected chi connectivity index (χ0v) is 16.2. The minimum absolute atomic E-state index is 0.0408. The van der Waals surface area contributed by atoms with Crippen LogP contribution >= 0.6 is 0 Å². The van der Waals surface area contributed by atoms with E-state index in [4.69, 9.17) is 4.74 Å². The van der Waals surface area contributed by atoms with Crippen LogP contribution in [0.5, 0.6) is 5.75 Å². The number of nitrogens with one attached hydrogen (secondary N) is 2. The number of amides is 2. The second kappa shape index (κ2) is 9.76. The Morgan fingerprint density at radius 2 is 1.59 bits per heavy atom. The fourth-order valence-electron chi connectivity index (χ4n) is 2.45. The van der Waals surface area contributed by atoms with Crippen LogP contribution in [-0.4, -0.2) is 31.5 Å². The van der Waals surface area contributed by atoms with Crippen molar-refractivity contribution in [3.05, 3.63) is 65.7 Å². The monoisotopic (exact) mass is 368 g/mol. The SMILES string of the molecule is CC(C)(C)c1ccc(C(=O)NCC(=O)NCCCOc2ccccc2)cc1. The largest absolute Gasteiger partial charge is 0.494 e. The summed E-state index contributed by atoms with van der Waals surface area (Å²) in [5.41, 5.74) is 1.75. The smallest absolute Gasteiger partial charge is 0.251 e. The van der Waals surface area contributed by atoms with Gasteiger partial charge in [0, 0.05) is 12.1 Å². The second-order valence-corrected chi connectivity index (χ2v) is 7.38. The van der Waals surface area contributed by atoms with Crippen LogP contribution in [0.25, 0.3) is 0 Å². The van der Waals surface area contributed by atoms with Crippen molar-refractivity contribution in [2.24, 2.45) is 0 Å². The number of benzene rings is 2. The minimum Gasteiger partial charge on any atom is -0.494 e. The average Bonchev–Trinajstić information content (AvgIpc) is 2.66. The van der Waals surface area contributed by atoms with Crippen LogP contribution in [0, 0.1) is 0 Å². The van der Waals surface area contributed by atoms with Gasteiger partial charge < -0.3 is 15.4 Å². The molecule has 0 heterocycles. The normalized spacial score (nSPS) is 10.9. The molecule has 5 nitrogen and oxygen atoms in total. The molecular weight excluding hydrogens is 340 g/mol. The van der Waals surface area contributed by atoms with Gasteiger partial charge in [-0.05, 0) is 41.7 Å². The van der Waals surface area contributed by atoms with E-state index in [0.717, 1.165) is 11.3 Å². The highest BCUT2D eigenvalue weighted by molar-refractivity contribution is 5.96. The zero-order chi connectivity index (χ0) is 19.7. The molecule has 0 aliphatic heterocycles. The molecule has 0 atom stereocenters. The molecule has 0 bridgehead atoms.